The third-order valence-corrected chi connectivity index (χ3v) is 3.20. The van der Waals surface area contributed by atoms with Crippen molar-refractivity contribution in [3.63, 3.8) is 0 Å². The molecular weight excluding hydrogens is 258 g/mol. The molecule has 0 fully saturated rings. The molecule has 3 aromatic rings. The van der Waals surface area contributed by atoms with Gasteiger partial charge in [0.25, 0.3) is 0 Å². The van der Waals surface area contributed by atoms with Crippen molar-refractivity contribution >= 4 is 34.5 Å². The number of rotatable bonds is 3. The number of pyridine rings is 1. The van der Waals surface area contributed by atoms with Gasteiger partial charge in [0.2, 0.25) is 5.95 Å². The average Bonchev–Trinajstić information content (AvgIpc) is 2.94. The summed E-state index contributed by atoms with van der Waals surface area (Å²) in [6.45, 7) is 0.676. The summed E-state index contributed by atoms with van der Waals surface area (Å²) in [6.07, 6.45) is 3.55. The Morgan fingerprint density at radius 1 is 1.41 bits per heavy atom. The number of nitrogens with zero attached hydrogens (tertiary/aromatic N) is 4. The van der Waals surface area contributed by atoms with Gasteiger partial charge < -0.3 is 5.32 Å². The molecule has 86 valence electrons. The largest absolute Gasteiger partial charge is 0.348 e. The van der Waals surface area contributed by atoms with Crippen LogP contribution in [0.2, 0.25) is 5.02 Å². The molecule has 17 heavy (non-hydrogen) atoms. The highest BCUT2D eigenvalue weighted by molar-refractivity contribution is 7.09. The fourth-order valence-corrected chi connectivity index (χ4v) is 2.12. The van der Waals surface area contributed by atoms with Crippen molar-refractivity contribution in [2.45, 2.75) is 6.54 Å². The van der Waals surface area contributed by atoms with Gasteiger partial charge in [-0.15, -0.1) is 16.4 Å². The number of anilines is 1. The summed E-state index contributed by atoms with van der Waals surface area (Å²) >= 11 is 7.47. The molecule has 0 aliphatic heterocycles. The van der Waals surface area contributed by atoms with Gasteiger partial charge in [0.1, 0.15) is 0 Å². The van der Waals surface area contributed by atoms with Gasteiger partial charge in [-0.25, -0.2) is 4.52 Å². The van der Waals surface area contributed by atoms with Crippen LogP contribution >= 0.6 is 22.9 Å². The van der Waals surface area contributed by atoms with E-state index < -0.39 is 0 Å². The van der Waals surface area contributed by atoms with Gasteiger partial charge in [0.05, 0.1) is 17.1 Å². The molecule has 0 unspecified atom stereocenters. The molecule has 5 nitrogen and oxygen atoms in total. The molecule has 0 radical (unpaired) electrons. The van der Waals surface area contributed by atoms with E-state index >= 15 is 0 Å². The van der Waals surface area contributed by atoms with E-state index in [9.17, 15) is 0 Å². The Morgan fingerprint density at radius 2 is 2.35 bits per heavy atom. The number of aromatic nitrogens is 4. The van der Waals surface area contributed by atoms with Gasteiger partial charge in [0.15, 0.2) is 5.65 Å². The van der Waals surface area contributed by atoms with Crippen LogP contribution in [0.3, 0.4) is 0 Å². The maximum atomic E-state index is 5.87. The van der Waals surface area contributed by atoms with Crippen molar-refractivity contribution in [3.05, 3.63) is 39.9 Å². The zero-order valence-corrected chi connectivity index (χ0v) is 10.2. The summed E-state index contributed by atoms with van der Waals surface area (Å²) in [5.74, 6) is 0.584. The van der Waals surface area contributed by atoms with Crippen LogP contribution in [0, 0.1) is 0 Å². The molecule has 3 aromatic heterocycles. The molecule has 0 spiro atoms. The second-order valence-corrected chi connectivity index (χ2v) is 4.81. The van der Waals surface area contributed by atoms with Gasteiger partial charge in [-0.3, -0.25) is 4.98 Å². The lowest BCUT2D eigenvalue weighted by atomic mass is 10.5. The molecular formula is C10H8ClN5S. The summed E-state index contributed by atoms with van der Waals surface area (Å²) in [7, 11) is 0. The van der Waals surface area contributed by atoms with Crippen LogP contribution in [0.5, 0.6) is 0 Å². The van der Waals surface area contributed by atoms with Gasteiger partial charge in [-0.2, -0.15) is 4.98 Å². The molecule has 0 aromatic carbocycles. The minimum absolute atomic E-state index is 0.584. The Labute approximate surface area is 106 Å². The van der Waals surface area contributed by atoms with E-state index in [-0.39, 0.29) is 0 Å². The molecule has 0 saturated heterocycles. The third-order valence-electron chi connectivity index (χ3n) is 2.20. The predicted molar refractivity (Wildman–Crippen MR) is 67.4 cm³/mol. The van der Waals surface area contributed by atoms with E-state index in [1.807, 2.05) is 12.3 Å². The zero-order chi connectivity index (χ0) is 11.7. The van der Waals surface area contributed by atoms with Gasteiger partial charge in [-0.1, -0.05) is 11.6 Å². The Bertz CT molecular complexity index is 633. The van der Waals surface area contributed by atoms with Crippen molar-refractivity contribution in [2.24, 2.45) is 0 Å². The maximum absolute atomic E-state index is 5.87. The molecule has 3 heterocycles. The monoisotopic (exact) mass is 265 g/mol. The number of thiazole rings is 1. The SMILES string of the molecule is Clc1ccc2nc(NCc3cncs3)nn2c1. The second kappa shape index (κ2) is 4.31. The topological polar surface area (TPSA) is 55.1 Å². The molecule has 3 rings (SSSR count). The molecule has 0 aliphatic rings. The van der Waals surface area contributed by atoms with Crippen LogP contribution in [-0.4, -0.2) is 19.6 Å². The minimum atomic E-state index is 0.584. The van der Waals surface area contributed by atoms with Gasteiger partial charge in [0, 0.05) is 17.3 Å². The molecule has 0 amide bonds. The molecule has 0 saturated carbocycles. The maximum Gasteiger partial charge on any atom is 0.243 e. The molecule has 0 bridgehead atoms. The van der Waals surface area contributed by atoms with Crippen LogP contribution < -0.4 is 5.32 Å². The van der Waals surface area contributed by atoms with Crippen LogP contribution in [-0.2, 0) is 6.54 Å². The van der Waals surface area contributed by atoms with E-state index in [1.54, 1.807) is 33.6 Å². The molecule has 7 heteroatoms. The Kier molecular flexibility index (Phi) is 2.66. The number of halogens is 1. The second-order valence-electron chi connectivity index (χ2n) is 3.41. The smallest absolute Gasteiger partial charge is 0.243 e. The lowest BCUT2D eigenvalue weighted by molar-refractivity contribution is 0.952. The lowest BCUT2D eigenvalue weighted by Gasteiger charge is -1.96. The Balaban J connectivity index is 1.81. The summed E-state index contributed by atoms with van der Waals surface area (Å²) in [4.78, 5) is 9.46. The minimum Gasteiger partial charge on any atom is -0.348 e. The van der Waals surface area contributed by atoms with Gasteiger partial charge in [-0.05, 0) is 12.1 Å². The highest BCUT2D eigenvalue weighted by atomic mass is 35.5. The summed E-state index contributed by atoms with van der Waals surface area (Å²) in [6, 6.07) is 3.62. The van der Waals surface area contributed by atoms with E-state index in [1.165, 1.54) is 0 Å². The number of nitrogens with one attached hydrogen (secondary N) is 1. The van der Waals surface area contributed by atoms with E-state index in [0.717, 1.165) is 10.5 Å². The first-order chi connectivity index (χ1) is 8.31. The van der Waals surface area contributed by atoms with Crippen LogP contribution in [0.4, 0.5) is 5.95 Å². The Hall–Kier alpha value is -1.66. The lowest BCUT2D eigenvalue weighted by Crippen LogP contribution is -1.99. The molecule has 0 atom stereocenters. The van der Waals surface area contributed by atoms with Crippen LogP contribution in [0.15, 0.2) is 30.0 Å². The fraction of sp³-hybridized carbons (Fsp3) is 0.100. The van der Waals surface area contributed by atoms with Crippen molar-refractivity contribution in [1.29, 1.82) is 0 Å². The van der Waals surface area contributed by atoms with Gasteiger partial charge >= 0.3 is 0 Å². The standard InChI is InChI=1S/C10H8ClN5S/c11-7-1-2-9-14-10(15-16(9)5-7)13-4-8-3-12-6-17-8/h1-3,5-6H,4H2,(H,13,15). The van der Waals surface area contributed by atoms with Crippen molar-refractivity contribution in [1.82, 2.24) is 19.6 Å². The first-order valence-electron chi connectivity index (χ1n) is 4.94. The molecule has 1 N–H and O–H groups in total. The van der Waals surface area contributed by atoms with Crippen molar-refractivity contribution in [2.75, 3.05) is 5.32 Å². The third kappa shape index (κ3) is 2.22. The Morgan fingerprint density at radius 3 is 3.18 bits per heavy atom. The highest BCUT2D eigenvalue weighted by Crippen LogP contribution is 2.12. The zero-order valence-electron chi connectivity index (χ0n) is 8.67. The summed E-state index contributed by atoms with van der Waals surface area (Å²) < 4.78 is 1.65. The van der Waals surface area contributed by atoms with E-state index in [0.29, 0.717) is 17.5 Å². The normalized spacial score (nSPS) is 10.9. The fourth-order valence-electron chi connectivity index (χ4n) is 1.43. The van der Waals surface area contributed by atoms with E-state index in [4.69, 9.17) is 11.6 Å². The average molecular weight is 266 g/mol. The number of fused-ring (bicyclic) bond motifs is 1. The first kappa shape index (κ1) is 10.5. The predicted octanol–water partition coefficient (Wildman–Crippen LogP) is 2.45. The van der Waals surface area contributed by atoms with Crippen LogP contribution in [0.1, 0.15) is 4.88 Å². The highest BCUT2D eigenvalue weighted by Gasteiger charge is 2.03. The number of hydrogen-bond acceptors (Lipinski definition) is 5. The number of hydrogen-bond donors (Lipinski definition) is 1. The quantitative estimate of drug-likeness (QED) is 0.790. The van der Waals surface area contributed by atoms with E-state index in [2.05, 4.69) is 20.4 Å². The molecule has 0 aliphatic carbocycles. The van der Waals surface area contributed by atoms with Crippen molar-refractivity contribution < 1.29 is 0 Å². The summed E-state index contributed by atoms with van der Waals surface area (Å²) in [5.41, 5.74) is 2.56. The summed E-state index contributed by atoms with van der Waals surface area (Å²) in [5, 5.41) is 8.04. The van der Waals surface area contributed by atoms with Crippen molar-refractivity contribution in [3.8, 4) is 0 Å². The first-order valence-corrected chi connectivity index (χ1v) is 6.20. The van der Waals surface area contributed by atoms with Crippen LogP contribution in [0.25, 0.3) is 5.65 Å².